The standard InChI is InChI=1S/C20H27N5O3S/c1-13(28-3)25-17-9-8-15-18(16(17)12-22-25)23-24-19(15)20(27)21-10-6-4-5-7-11-29-14(2)26/h8-9,12-13,22H,4-7,10-11H2,1-3H3,(H,21,27). The van der Waals surface area contributed by atoms with E-state index in [2.05, 4.69) is 20.6 Å². The van der Waals surface area contributed by atoms with Crippen LogP contribution in [-0.2, 0) is 9.53 Å². The Balaban J connectivity index is 1.57. The highest BCUT2D eigenvalue weighted by atomic mass is 32.2. The molecule has 8 nitrogen and oxygen atoms in total. The maximum atomic E-state index is 12.5. The van der Waals surface area contributed by atoms with Crippen molar-refractivity contribution in [2.45, 2.75) is 45.8 Å². The maximum absolute atomic E-state index is 12.5. The van der Waals surface area contributed by atoms with Gasteiger partial charge < -0.3 is 15.2 Å². The predicted octanol–water partition coefficient (Wildman–Crippen LogP) is 3.65. The van der Waals surface area contributed by atoms with Gasteiger partial charge in [-0.25, -0.2) is 0 Å². The topological polar surface area (TPSA) is 102 Å². The molecular weight excluding hydrogens is 390 g/mol. The summed E-state index contributed by atoms with van der Waals surface area (Å²) >= 11 is 1.37. The number of thioether (sulfide) groups is 1. The smallest absolute Gasteiger partial charge is 0.272 e. The molecule has 0 bridgehead atoms. The highest BCUT2D eigenvalue weighted by Crippen LogP contribution is 2.27. The van der Waals surface area contributed by atoms with Crippen LogP contribution in [0.2, 0.25) is 0 Å². The quantitative estimate of drug-likeness (QED) is 0.488. The molecule has 2 N–H and O–H groups in total. The number of amides is 1. The average molecular weight is 418 g/mol. The third-order valence-corrected chi connectivity index (χ3v) is 5.79. The van der Waals surface area contributed by atoms with Gasteiger partial charge in [0.2, 0.25) is 0 Å². The summed E-state index contributed by atoms with van der Waals surface area (Å²) in [4.78, 5) is 23.4. The second kappa shape index (κ2) is 9.89. The van der Waals surface area contributed by atoms with E-state index in [1.54, 1.807) is 14.0 Å². The van der Waals surface area contributed by atoms with Crippen molar-refractivity contribution in [1.29, 1.82) is 0 Å². The van der Waals surface area contributed by atoms with Gasteiger partial charge in [-0.15, -0.1) is 10.2 Å². The molecule has 156 valence electrons. The van der Waals surface area contributed by atoms with Crippen LogP contribution in [0.25, 0.3) is 21.8 Å². The molecule has 0 saturated carbocycles. The number of hydrogen-bond donors (Lipinski definition) is 2. The van der Waals surface area contributed by atoms with Gasteiger partial charge in [-0.2, -0.15) is 0 Å². The summed E-state index contributed by atoms with van der Waals surface area (Å²) in [7, 11) is 1.65. The molecule has 1 atom stereocenters. The molecule has 0 aliphatic carbocycles. The Kier molecular flexibility index (Phi) is 7.27. The van der Waals surface area contributed by atoms with Crippen molar-refractivity contribution in [3.8, 4) is 0 Å². The number of aromatic amines is 1. The number of H-pyrrole nitrogens is 1. The molecular formula is C20H27N5O3S. The molecule has 0 radical (unpaired) electrons. The number of nitrogens with one attached hydrogen (secondary N) is 2. The predicted molar refractivity (Wildman–Crippen MR) is 115 cm³/mol. The second-order valence-electron chi connectivity index (χ2n) is 6.93. The lowest BCUT2D eigenvalue weighted by molar-refractivity contribution is -0.109. The van der Waals surface area contributed by atoms with E-state index in [1.165, 1.54) is 11.8 Å². The molecule has 29 heavy (non-hydrogen) atoms. The van der Waals surface area contributed by atoms with Gasteiger partial charge >= 0.3 is 0 Å². The molecule has 0 aliphatic heterocycles. The first-order chi connectivity index (χ1) is 14.0. The van der Waals surface area contributed by atoms with Gasteiger partial charge in [0.1, 0.15) is 11.7 Å². The number of hydrogen-bond acceptors (Lipinski definition) is 6. The molecule has 2 aromatic heterocycles. The summed E-state index contributed by atoms with van der Waals surface area (Å²) in [6, 6.07) is 3.83. The van der Waals surface area contributed by atoms with Crippen LogP contribution < -0.4 is 5.32 Å². The lowest BCUT2D eigenvalue weighted by Gasteiger charge is -2.12. The zero-order valence-electron chi connectivity index (χ0n) is 17.0. The summed E-state index contributed by atoms with van der Waals surface area (Å²) in [6.07, 6.45) is 5.71. The highest BCUT2D eigenvalue weighted by molar-refractivity contribution is 8.13. The summed E-state index contributed by atoms with van der Waals surface area (Å²) in [5.41, 5.74) is 2.00. The van der Waals surface area contributed by atoms with Gasteiger partial charge in [0.25, 0.3) is 5.91 Å². The number of ether oxygens (including phenoxy) is 1. The number of carbonyl (C=O) groups is 2. The number of unbranched alkanes of at least 4 members (excludes halogenated alkanes) is 3. The minimum Gasteiger partial charge on any atom is -0.360 e. The van der Waals surface area contributed by atoms with E-state index in [0.717, 1.165) is 47.7 Å². The van der Waals surface area contributed by atoms with Crippen molar-refractivity contribution in [3.05, 3.63) is 24.0 Å². The first-order valence-electron chi connectivity index (χ1n) is 9.82. The third kappa shape index (κ3) is 4.97. The molecule has 0 aliphatic rings. The molecule has 0 saturated heterocycles. The minimum absolute atomic E-state index is 0.142. The highest BCUT2D eigenvalue weighted by Gasteiger charge is 2.18. The van der Waals surface area contributed by atoms with Crippen molar-refractivity contribution in [3.63, 3.8) is 0 Å². The Morgan fingerprint density at radius 2 is 2.00 bits per heavy atom. The van der Waals surface area contributed by atoms with Crippen LogP contribution in [0.5, 0.6) is 0 Å². The lowest BCUT2D eigenvalue weighted by Crippen LogP contribution is -2.25. The maximum Gasteiger partial charge on any atom is 0.272 e. The van der Waals surface area contributed by atoms with Crippen LogP contribution in [0.1, 0.15) is 56.2 Å². The second-order valence-corrected chi connectivity index (χ2v) is 8.20. The molecule has 1 aromatic carbocycles. The van der Waals surface area contributed by atoms with Crippen LogP contribution in [0.3, 0.4) is 0 Å². The van der Waals surface area contributed by atoms with Gasteiger partial charge in [-0.1, -0.05) is 24.6 Å². The van der Waals surface area contributed by atoms with Gasteiger partial charge in [0, 0.05) is 43.3 Å². The van der Waals surface area contributed by atoms with Crippen molar-refractivity contribution >= 4 is 44.6 Å². The Bertz CT molecular complexity index is 997. The molecule has 1 amide bonds. The normalized spacial score (nSPS) is 12.5. The van der Waals surface area contributed by atoms with Gasteiger partial charge in [-0.3, -0.25) is 14.3 Å². The van der Waals surface area contributed by atoms with Crippen LogP contribution in [0, 0.1) is 0 Å². The average Bonchev–Trinajstić information content (AvgIpc) is 3.32. The number of fused-ring (bicyclic) bond motifs is 3. The van der Waals surface area contributed by atoms with Crippen molar-refractivity contribution in [2.24, 2.45) is 0 Å². The van der Waals surface area contributed by atoms with E-state index in [0.29, 0.717) is 17.8 Å². The first kappa shape index (κ1) is 21.3. The van der Waals surface area contributed by atoms with Crippen LogP contribution in [0.4, 0.5) is 0 Å². The van der Waals surface area contributed by atoms with E-state index < -0.39 is 0 Å². The molecule has 2 heterocycles. The van der Waals surface area contributed by atoms with Gasteiger partial charge in [-0.05, 0) is 31.9 Å². The number of methoxy groups -OCH3 is 1. The molecule has 3 rings (SSSR count). The van der Waals surface area contributed by atoms with Crippen LogP contribution >= 0.6 is 11.8 Å². The van der Waals surface area contributed by atoms with Gasteiger partial charge in [0.05, 0.1) is 5.52 Å². The number of aromatic nitrogens is 4. The van der Waals surface area contributed by atoms with Crippen LogP contribution in [0.15, 0.2) is 18.3 Å². The Morgan fingerprint density at radius 1 is 1.21 bits per heavy atom. The molecule has 1 unspecified atom stereocenters. The zero-order chi connectivity index (χ0) is 20.8. The monoisotopic (exact) mass is 417 g/mol. The van der Waals surface area contributed by atoms with E-state index in [4.69, 9.17) is 4.74 Å². The molecule has 3 aromatic rings. The molecule has 0 spiro atoms. The fourth-order valence-electron chi connectivity index (χ4n) is 3.26. The summed E-state index contributed by atoms with van der Waals surface area (Å²) in [5.74, 6) is 0.667. The number of nitrogens with zero attached hydrogens (tertiary/aromatic N) is 3. The lowest BCUT2D eigenvalue weighted by atomic mass is 10.1. The van der Waals surface area contributed by atoms with Crippen LogP contribution in [-0.4, -0.2) is 50.4 Å². The van der Waals surface area contributed by atoms with Crippen molar-refractivity contribution < 1.29 is 14.3 Å². The summed E-state index contributed by atoms with van der Waals surface area (Å²) in [5, 5.41) is 16.3. The van der Waals surface area contributed by atoms with Crippen molar-refractivity contribution in [2.75, 3.05) is 19.4 Å². The molecule has 0 fully saturated rings. The minimum atomic E-state index is -0.201. The summed E-state index contributed by atoms with van der Waals surface area (Å²) < 4.78 is 7.27. The Hall–Kier alpha value is -2.39. The first-order valence-corrected chi connectivity index (χ1v) is 10.8. The SMILES string of the molecule is COC(C)n1[nH]cc2c3nnc(C(=O)NCCCCCCSC(C)=O)c3ccc21. The fourth-order valence-corrected chi connectivity index (χ4v) is 3.90. The number of rotatable bonds is 10. The molecule has 9 heteroatoms. The van der Waals surface area contributed by atoms with Crippen molar-refractivity contribution in [1.82, 2.24) is 25.3 Å². The number of benzene rings is 1. The zero-order valence-corrected chi connectivity index (χ0v) is 17.8. The third-order valence-electron chi connectivity index (χ3n) is 4.89. The fraction of sp³-hybridized carbons (Fsp3) is 0.500. The number of carbonyl (C=O) groups excluding carboxylic acids is 2. The van der Waals surface area contributed by atoms with E-state index in [9.17, 15) is 9.59 Å². The van der Waals surface area contributed by atoms with Gasteiger partial charge in [0.15, 0.2) is 10.8 Å². The van der Waals surface area contributed by atoms with E-state index in [1.807, 2.05) is 29.9 Å². The van der Waals surface area contributed by atoms with E-state index in [-0.39, 0.29) is 17.3 Å². The Labute approximate surface area is 173 Å². The Morgan fingerprint density at radius 3 is 2.76 bits per heavy atom. The summed E-state index contributed by atoms with van der Waals surface area (Å²) in [6.45, 7) is 4.14. The van der Waals surface area contributed by atoms with E-state index >= 15 is 0 Å². The largest absolute Gasteiger partial charge is 0.360 e.